The zero-order valence-electron chi connectivity index (χ0n) is 12.1. The number of carbonyl (C=O) groups is 3. The van der Waals surface area contributed by atoms with Crippen molar-refractivity contribution in [3.05, 3.63) is 12.2 Å². The highest BCUT2D eigenvalue weighted by molar-refractivity contribution is 5.88. The van der Waals surface area contributed by atoms with Crippen LogP contribution >= 0.6 is 0 Å². The molecule has 1 saturated heterocycles. The van der Waals surface area contributed by atoms with Gasteiger partial charge in [0.25, 0.3) is 0 Å². The van der Waals surface area contributed by atoms with Gasteiger partial charge in [-0.25, -0.2) is 0 Å². The van der Waals surface area contributed by atoms with Crippen molar-refractivity contribution in [2.45, 2.75) is 32.1 Å². The SMILES string of the molecule is O=C(O)[C@H]1CC=CC[C@H]1C(=O)NCC(=O)N1CCCCC1. The molecule has 0 radical (unpaired) electrons. The molecular weight excluding hydrogens is 272 g/mol. The normalized spacial score (nSPS) is 25.4. The van der Waals surface area contributed by atoms with Gasteiger partial charge in [0.2, 0.25) is 11.8 Å². The average Bonchev–Trinajstić information content (AvgIpc) is 2.53. The van der Waals surface area contributed by atoms with E-state index in [2.05, 4.69) is 5.32 Å². The van der Waals surface area contributed by atoms with Crippen molar-refractivity contribution in [2.24, 2.45) is 11.8 Å². The number of rotatable bonds is 4. The van der Waals surface area contributed by atoms with E-state index in [4.69, 9.17) is 5.11 Å². The van der Waals surface area contributed by atoms with Crippen LogP contribution in [0.4, 0.5) is 0 Å². The molecule has 2 rings (SSSR count). The zero-order valence-corrected chi connectivity index (χ0v) is 12.1. The van der Waals surface area contributed by atoms with Gasteiger partial charge in [0, 0.05) is 13.1 Å². The van der Waals surface area contributed by atoms with Crippen molar-refractivity contribution in [1.29, 1.82) is 0 Å². The Bertz CT molecular complexity index is 441. The molecule has 1 heterocycles. The van der Waals surface area contributed by atoms with Gasteiger partial charge in [-0.2, -0.15) is 0 Å². The van der Waals surface area contributed by atoms with Crippen molar-refractivity contribution in [1.82, 2.24) is 10.2 Å². The Morgan fingerprint density at radius 3 is 2.29 bits per heavy atom. The van der Waals surface area contributed by atoms with Crippen LogP contribution in [-0.4, -0.2) is 47.4 Å². The Labute approximate surface area is 124 Å². The van der Waals surface area contributed by atoms with Gasteiger partial charge in [0.05, 0.1) is 18.4 Å². The van der Waals surface area contributed by atoms with Crippen LogP contribution in [0.5, 0.6) is 0 Å². The van der Waals surface area contributed by atoms with Crippen LogP contribution in [0.15, 0.2) is 12.2 Å². The third-order valence-corrected chi connectivity index (χ3v) is 4.21. The Morgan fingerprint density at radius 1 is 1.05 bits per heavy atom. The van der Waals surface area contributed by atoms with E-state index in [-0.39, 0.29) is 18.4 Å². The number of amides is 2. The second-order valence-electron chi connectivity index (χ2n) is 5.65. The minimum absolute atomic E-state index is 0.0363. The molecule has 0 aromatic rings. The minimum Gasteiger partial charge on any atom is -0.481 e. The largest absolute Gasteiger partial charge is 0.481 e. The lowest BCUT2D eigenvalue weighted by Gasteiger charge is -2.28. The number of nitrogens with one attached hydrogen (secondary N) is 1. The van der Waals surface area contributed by atoms with Gasteiger partial charge in [-0.1, -0.05) is 12.2 Å². The fourth-order valence-electron chi connectivity index (χ4n) is 2.93. The number of hydrogen-bond acceptors (Lipinski definition) is 3. The lowest BCUT2D eigenvalue weighted by molar-refractivity contribution is -0.147. The number of allylic oxidation sites excluding steroid dienone is 2. The number of aliphatic carboxylic acids is 1. The quantitative estimate of drug-likeness (QED) is 0.750. The molecule has 2 N–H and O–H groups in total. The molecule has 6 nitrogen and oxygen atoms in total. The first-order valence-electron chi connectivity index (χ1n) is 7.53. The number of carbonyl (C=O) groups excluding carboxylic acids is 2. The van der Waals surface area contributed by atoms with Crippen LogP contribution in [0.25, 0.3) is 0 Å². The molecule has 0 bridgehead atoms. The fraction of sp³-hybridized carbons (Fsp3) is 0.667. The van der Waals surface area contributed by atoms with Crippen LogP contribution in [0.2, 0.25) is 0 Å². The maximum Gasteiger partial charge on any atom is 0.307 e. The van der Waals surface area contributed by atoms with Crippen molar-refractivity contribution >= 4 is 17.8 Å². The summed E-state index contributed by atoms with van der Waals surface area (Å²) in [5.41, 5.74) is 0. The van der Waals surface area contributed by atoms with Crippen molar-refractivity contribution in [3.8, 4) is 0 Å². The summed E-state index contributed by atoms with van der Waals surface area (Å²) in [6.07, 6.45) is 7.57. The third-order valence-electron chi connectivity index (χ3n) is 4.21. The molecule has 0 spiro atoms. The molecule has 6 heteroatoms. The molecule has 116 valence electrons. The van der Waals surface area contributed by atoms with Crippen LogP contribution in [-0.2, 0) is 14.4 Å². The lowest BCUT2D eigenvalue weighted by Crippen LogP contribution is -2.45. The first-order chi connectivity index (χ1) is 10.1. The zero-order chi connectivity index (χ0) is 15.2. The Hall–Kier alpha value is -1.85. The number of carboxylic acid groups (broad SMARTS) is 1. The summed E-state index contributed by atoms with van der Waals surface area (Å²) in [5.74, 6) is -2.65. The lowest BCUT2D eigenvalue weighted by atomic mass is 9.82. The van der Waals surface area contributed by atoms with E-state index >= 15 is 0 Å². The predicted molar refractivity (Wildman–Crippen MR) is 76.4 cm³/mol. The second kappa shape index (κ2) is 7.24. The van der Waals surface area contributed by atoms with E-state index in [9.17, 15) is 14.4 Å². The number of hydrogen-bond donors (Lipinski definition) is 2. The van der Waals surface area contributed by atoms with E-state index in [1.54, 1.807) is 11.0 Å². The molecule has 0 aromatic heterocycles. The van der Waals surface area contributed by atoms with Gasteiger partial charge in [-0.15, -0.1) is 0 Å². The van der Waals surface area contributed by atoms with Gasteiger partial charge in [0.1, 0.15) is 0 Å². The molecule has 1 fully saturated rings. The van der Waals surface area contributed by atoms with E-state index in [0.29, 0.717) is 12.8 Å². The van der Waals surface area contributed by atoms with Gasteiger partial charge in [0.15, 0.2) is 0 Å². The molecule has 0 saturated carbocycles. The van der Waals surface area contributed by atoms with Gasteiger partial charge < -0.3 is 15.3 Å². The number of likely N-dealkylation sites (tertiary alicyclic amines) is 1. The molecule has 2 atom stereocenters. The number of piperidine rings is 1. The van der Waals surface area contributed by atoms with Crippen LogP contribution in [0, 0.1) is 11.8 Å². The minimum atomic E-state index is -0.957. The first kappa shape index (κ1) is 15.5. The molecule has 1 aliphatic heterocycles. The van der Waals surface area contributed by atoms with E-state index < -0.39 is 17.8 Å². The summed E-state index contributed by atoms with van der Waals surface area (Å²) < 4.78 is 0. The summed E-state index contributed by atoms with van der Waals surface area (Å²) in [6.45, 7) is 1.46. The van der Waals surface area contributed by atoms with Crippen molar-refractivity contribution in [3.63, 3.8) is 0 Å². The summed E-state index contributed by atoms with van der Waals surface area (Å²) in [6, 6.07) is 0. The third kappa shape index (κ3) is 4.06. The standard InChI is InChI=1S/C15H22N2O4/c18-13(17-8-4-1-5-9-17)10-16-14(19)11-6-2-3-7-12(11)15(20)21/h2-3,11-12H,1,4-10H2,(H,16,19)(H,20,21)/t11-,12+/m1/s1. The molecule has 21 heavy (non-hydrogen) atoms. The van der Waals surface area contributed by atoms with E-state index in [1.807, 2.05) is 6.08 Å². The number of nitrogens with zero attached hydrogens (tertiary/aromatic N) is 1. The summed E-state index contributed by atoms with van der Waals surface area (Å²) in [4.78, 5) is 37.0. The Morgan fingerprint density at radius 2 is 1.67 bits per heavy atom. The van der Waals surface area contributed by atoms with Gasteiger partial charge in [-0.05, 0) is 32.1 Å². The molecule has 2 aliphatic rings. The summed E-state index contributed by atoms with van der Waals surface area (Å²) >= 11 is 0. The van der Waals surface area contributed by atoms with Crippen LogP contribution in [0.3, 0.4) is 0 Å². The molecule has 1 aliphatic carbocycles. The number of carboxylic acids is 1. The van der Waals surface area contributed by atoms with Gasteiger partial charge in [-0.3, -0.25) is 14.4 Å². The topological polar surface area (TPSA) is 86.7 Å². The van der Waals surface area contributed by atoms with E-state index in [0.717, 1.165) is 32.4 Å². The molecule has 0 unspecified atom stereocenters. The molecular formula is C15H22N2O4. The monoisotopic (exact) mass is 294 g/mol. The van der Waals surface area contributed by atoms with Gasteiger partial charge >= 0.3 is 5.97 Å². The van der Waals surface area contributed by atoms with Crippen LogP contribution < -0.4 is 5.32 Å². The first-order valence-corrected chi connectivity index (χ1v) is 7.53. The summed E-state index contributed by atoms with van der Waals surface area (Å²) in [7, 11) is 0. The maximum absolute atomic E-state index is 12.1. The average molecular weight is 294 g/mol. The highest BCUT2D eigenvalue weighted by atomic mass is 16.4. The highest BCUT2D eigenvalue weighted by Crippen LogP contribution is 2.25. The van der Waals surface area contributed by atoms with Crippen molar-refractivity contribution in [2.75, 3.05) is 19.6 Å². The van der Waals surface area contributed by atoms with Crippen LogP contribution in [0.1, 0.15) is 32.1 Å². The van der Waals surface area contributed by atoms with Crippen molar-refractivity contribution < 1.29 is 19.5 Å². The predicted octanol–water partition coefficient (Wildman–Crippen LogP) is 0.782. The Kier molecular flexibility index (Phi) is 5.36. The molecule has 2 amide bonds. The Balaban J connectivity index is 1.84. The highest BCUT2D eigenvalue weighted by Gasteiger charge is 2.34. The maximum atomic E-state index is 12.1. The molecule has 0 aromatic carbocycles. The smallest absolute Gasteiger partial charge is 0.307 e. The summed E-state index contributed by atoms with van der Waals surface area (Å²) in [5, 5.41) is 11.8. The fourth-order valence-corrected chi connectivity index (χ4v) is 2.93. The second-order valence-corrected chi connectivity index (χ2v) is 5.65. The van der Waals surface area contributed by atoms with E-state index in [1.165, 1.54) is 0 Å².